The summed E-state index contributed by atoms with van der Waals surface area (Å²) in [6, 6.07) is 12.7. The summed E-state index contributed by atoms with van der Waals surface area (Å²) in [4.78, 5) is 7.96. The van der Waals surface area contributed by atoms with Crippen LogP contribution in [0.3, 0.4) is 0 Å². The summed E-state index contributed by atoms with van der Waals surface area (Å²) in [5.41, 5.74) is 3.64. The van der Waals surface area contributed by atoms with Crippen LogP contribution >= 0.6 is 0 Å². The van der Waals surface area contributed by atoms with Crippen molar-refractivity contribution >= 4 is 11.0 Å². The molecule has 1 aliphatic rings. The van der Waals surface area contributed by atoms with Gasteiger partial charge in [0, 0.05) is 12.2 Å². The van der Waals surface area contributed by atoms with Crippen molar-refractivity contribution in [2.24, 2.45) is 5.92 Å². The number of aromatic amines is 1. The fraction of sp³-hybridized carbons (Fsp3) is 0.381. The molecule has 1 N–H and O–H groups in total. The van der Waals surface area contributed by atoms with E-state index in [-0.39, 0.29) is 5.82 Å². The molecule has 25 heavy (non-hydrogen) atoms. The van der Waals surface area contributed by atoms with Crippen LogP contribution in [0.4, 0.5) is 4.39 Å². The van der Waals surface area contributed by atoms with Crippen molar-refractivity contribution in [3.8, 4) is 11.4 Å². The lowest BCUT2D eigenvalue weighted by atomic mass is 9.90. The van der Waals surface area contributed by atoms with Gasteiger partial charge in [-0.05, 0) is 54.7 Å². The summed E-state index contributed by atoms with van der Waals surface area (Å²) in [6.45, 7) is 1.18. The number of aromatic nitrogens is 2. The van der Waals surface area contributed by atoms with Crippen molar-refractivity contribution in [2.45, 2.75) is 38.7 Å². The Balaban J connectivity index is 1.53. The number of H-pyrrole nitrogens is 1. The number of imidazole rings is 1. The van der Waals surface area contributed by atoms with Gasteiger partial charge in [0.15, 0.2) is 0 Å². The maximum absolute atomic E-state index is 13.8. The highest BCUT2D eigenvalue weighted by Crippen LogP contribution is 2.27. The second kappa shape index (κ2) is 7.36. The van der Waals surface area contributed by atoms with Gasteiger partial charge in [0.25, 0.3) is 0 Å². The molecule has 130 valence electrons. The average Bonchev–Trinajstić information content (AvgIpc) is 3.06. The third-order valence-electron chi connectivity index (χ3n) is 5.05. The molecule has 1 heterocycles. The van der Waals surface area contributed by atoms with Gasteiger partial charge in [-0.2, -0.15) is 0 Å². The van der Waals surface area contributed by atoms with Crippen LogP contribution in [0.2, 0.25) is 0 Å². The Kier molecular flexibility index (Phi) is 4.79. The Morgan fingerprint density at radius 2 is 1.92 bits per heavy atom. The smallest absolute Gasteiger partial charge is 0.138 e. The van der Waals surface area contributed by atoms with E-state index in [2.05, 4.69) is 9.97 Å². The Bertz CT molecular complexity index is 819. The van der Waals surface area contributed by atoms with Crippen molar-refractivity contribution < 1.29 is 9.13 Å². The normalized spacial score (nSPS) is 15.7. The van der Waals surface area contributed by atoms with Crippen LogP contribution in [0.25, 0.3) is 22.4 Å². The van der Waals surface area contributed by atoms with Crippen LogP contribution in [0.5, 0.6) is 0 Å². The molecule has 1 aliphatic carbocycles. The van der Waals surface area contributed by atoms with Gasteiger partial charge in [-0.1, -0.05) is 31.4 Å². The van der Waals surface area contributed by atoms with Crippen LogP contribution in [0.15, 0.2) is 42.5 Å². The molecular formula is C21H23FN2O. The maximum atomic E-state index is 13.8. The zero-order valence-corrected chi connectivity index (χ0v) is 14.3. The van der Waals surface area contributed by atoms with E-state index in [0.29, 0.717) is 12.5 Å². The molecule has 1 fully saturated rings. The van der Waals surface area contributed by atoms with Gasteiger partial charge < -0.3 is 9.72 Å². The van der Waals surface area contributed by atoms with Gasteiger partial charge in [-0.25, -0.2) is 9.37 Å². The van der Waals surface area contributed by atoms with E-state index in [0.717, 1.165) is 34.6 Å². The minimum atomic E-state index is -0.240. The third kappa shape index (κ3) is 3.74. The molecule has 0 bridgehead atoms. The molecule has 3 nitrogen and oxygen atoms in total. The number of para-hydroxylation sites is 2. The summed E-state index contributed by atoms with van der Waals surface area (Å²) in [5.74, 6) is 1.17. The Labute approximate surface area is 147 Å². The number of rotatable bonds is 5. The van der Waals surface area contributed by atoms with E-state index in [9.17, 15) is 4.39 Å². The summed E-state index contributed by atoms with van der Waals surface area (Å²) in [6.07, 6.45) is 6.45. The first kappa shape index (κ1) is 16.3. The average molecular weight is 338 g/mol. The monoisotopic (exact) mass is 338 g/mol. The Hall–Kier alpha value is -2.20. The van der Waals surface area contributed by atoms with Gasteiger partial charge in [-0.3, -0.25) is 0 Å². The highest BCUT2D eigenvalue weighted by atomic mass is 19.1. The Morgan fingerprint density at radius 1 is 1.08 bits per heavy atom. The quantitative estimate of drug-likeness (QED) is 0.670. The van der Waals surface area contributed by atoms with E-state index in [1.807, 2.05) is 24.3 Å². The van der Waals surface area contributed by atoms with Crippen molar-refractivity contribution in [1.29, 1.82) is 0 Å². The number of fused-ring (bicyclic) bond motifs is 1. The molecule has 4 rings (SSSR count). The number of nitrogens with one attached hydrogen (secondary N) is 1. The second-order valence-corrected chi connectivity index (χ2v) is 6.92. The number of hydrogen-bond acceptors (Lipinski definition) is 2. The minimum absolute atomic E-state index is 0.240. The molecule has 2 aromatic carbocycles. The van der Waals surface area contributed by atoms with Crippen LogP contribution in [-0.4, -0.2) is 16.6 Å². The SMILES string of the molecule is Fc1ccc(-c2nc3ccccc3[nH]2)c(COCC2CCCCC2)c1. The van der Waals surface area contributed by atoms with Crippen LogP contribution in [0, 0.1) is 11.7 Å². The fourth-order valence-corrected chi connectivity index (χ4v) is 3.68. The van der Waals surface area contributed by atoms with Crippen molar-refractivity contribution in [3.05, 3.63) is 53.8 Å². The predicted octanol–water partition coefficient (Wildman–Crippen LogP) is 5.47. The molecule has 0 atom stereocenters. The predicted molar refractivity (Wildman–Crippen MR) is 97.7 cm³/mol. The highest BCUT2D eigenvalue weighted by molar-refractivity contribution is 5.79. The third-order valence-corrected chi connectivity index (χ3v) is 5.05. The van der Waals surface area contributed by atoms with Gasteiger partial charge in [0.2, 0.25) is 0 Å². The number of halogens is 1. The van der Waals surface area contributed by atoms with Crippen LogP contribution in [0.1, 0.15) is 37.7 Å². The molecule has 0 unspecified atom stereocenters. The minimum Gasteiger partial charge on any atom is -0.376 e. The van der Waals surface area contributed by atoms with Gasteiger partial charge >= 0.3 is 0 Å². The van der Waals surface area contributed by atoms with E-state index in [4.69, 9.17) is 4.74 Å². The number of nitrogens with zero attached hydrogens (tertiary/aromatic N) is 1. The molecule has 0 aliphatic heterocycles. The van der Waals surface area contributed by atoms with E-state index in [1.54, 1.807) is 12.1 Å². The topological polar surface area (TPSA) is 37.9 Å². The summed E-state index contributed by atoms with van der Waals surface area (Å²) >= 11 is 0. The first-order chi connectivity index (χ1) is 12.3. The van der Waals surface area contributed by atoms with Crippen LogP contribution < -0.4 is 0 Å². The molecule has 3 aromatic rings. The summed E-state index contributed by atoms with van der Waals surface area (Å²) in [5, 5.41) is 0. The van der Waals surface area contributed by atoms with Gasteiger partial charge in [0.1, 0.15) is 11.6 Å². The standard InChI is InChI=1S/C21H23FN2O/c22-17-10-11-18(21-23-19-8-4-5-9-20(19)24-21)16(12-17)14-25-13-15-6-2-1-3-7-15/h4-5,8-12,15H,1-3,6-7,13-14H2,(H,23,24). The molecule has 4 heteroatoms. The summed E-state index contributed by atoms with van der Waals surface area (Å²) < 4.78 is 19.7. The first-order valence-electron chi connectivity index (χ1n) is 9.11. The number of hydrogen-bond donors (Lipinski definition) is 1. The number of ether oxygens (including phenoxy) is 1. The molecule has 0 amide bonds. The summed E-state index contributed by atoms with van der Waals surface area (Å²) in [7, 11) is 0. The van der Waals surface area contributed by atoms with E-state index in [1.165, 1.54) is 38.2 Å². The molecule has 0 saturated heterocycles. The molecular weight excluding hydrogens is 315 g/mol. The number of benzene rings is 2. The lowest BCUT2D eigenvalue weighted by Gasteiger charge is -2.21. The Morgan fingerprint density at radius 3 is 2.76 bits per heavy atom. The molecule has 1 aromatic heterocycles. The zero-order valence-electron chi connectivity index (χ0n) is 14.3. The highest BCUT2D eigenvalue weighted by Gasteiger charge is 2.15. The van der Waals surface area contributed by atoms with E-state index >= 15 is 0 Å². The fourth-order valence-electron chi connectivity index (χ4n) is 3.68. The van der Waals surface area contributed by atoms with Gasteiger partial charge in [-0.15, -0.1) is 0 Å². The maximum Gasteiger partial charge on any atom is 0.138 e. The molecule has 0 radical (unpaired) electrons. The lowest BCUT2D eigenvalue weighted by Crippen LogP contribution is -2.13. The van der Waals surface area contributed by atoms with Crippen molar-refractivity contribution in [3.63, 3.8) is 0 Å². The molecule has 1 saturated carbocycles. The van der Waals surface area contributed by atoms with Crippen molar-refractivity contribution in [2.75, 3.05) is 6.61 Å². The van der Waals surface area contributed by atoms with Crippen LogP contribution in [-0.2, 0) is 11.3 Å². The largest absolute Gasteiger partial charge is 0.376 e. The van der Waals surface area contributed by atoms with Gasteiger partial charge in [0.05, 0.1) is 17.6 Å². The van der Waals surface area contributed by atoms with Crippen molar-refractivity contribution in [1.82, 2.24) is 9.97 Å². The van der Waals surface area contributed by atoms with E-state index < -0.39 is 0 Å². The zero-order chi connectivity index (χ0) is 17.1. The molecule has 0 spiro atoms. The first-order valence-corrected chi connectivity index (χ1v) is 9.11. The lowest BCUT2D eigenvalue weighted by molar-refractivity contribution is 0.0740. The second-order valence-electron chi connectivity index (χ2n) is 6.92.